The largest absolute Gasteiger partial charge is 0.465 e. The fraction of sp³-hybridized carbons (Fsp3) is 0.375. The molecule has 0 bridgehead atoms. The topological polar surface area (TPSA) is 102 Å². The van der Waals surface area contributed by atoms with E-state index in [0.717, 1.165) is 41.6 Å². The Bertz CT molecular complexity index is 1330. The van der Waals surface area contributed by atoms with Crippen molar-refractivity contribution in [1.29, 1.82) is 0 Å². The van der Waals surface area contributed by atoms with Crippen molar-refractivity contribution in [2.45, 2.75) is 44.8 Å². The van der Waals surface area contributed by atoms with Crippen LogP contribution in [0.15, 0.2) is 66.7 Å². The van der Waals surface area contributed by atoms with Crippen LogP contribution in [0.1, 0.15) is 52.7 Å². The van der Waals surface area contributed by atoms with Gasteiger partial charge < -0.3 is 25.7 Å². The Hall–Kier alpha value is -3.39. The average molecular weight is 564 g/mol. The molecule has 1 saturated heterocycles. The lowest BCUT2D eigenvalue weighted by Crippen LogP contribution is -2.48. The van der Waals surface area contributed by atoms with Crippen molar-refractivity contribution in [3.05, 3.63) is 94.0 Å². The van der Waals surface area contributed by atoms with Crippen LogP contribution in [0.5, 0.6) is 0 Å². The molecule has 1 fully saturated rings. The third-order valence-corrected chi connectivity index (χ3v) is 8.08. The number of hydrogen-bond donors (Lipinski definition) is 4. The fourth-order valence-electron chi connectivity index (χ4n) is 5.79. The molecule has 0 saturated carbocycles. The molecule has 40 heavy (non-hydrogen) atoms. The van der Waals surface area contributed by atoms with Gasteiger partial charge in [0.1, 0.15) is 0 Å². The molecule has 212 valence electrons. The van der Waals surface area contributed by atoms with E-state index in [4.69, 9.17) is 16.7 Å². The van der Waals surface area contributed by atoms with Crippen molar-refractivity contribution in [2.24, 2.45) is 5.92 Å². The van der Waals surface area contributed by atoms with Crippen LogP contribution in [0.3, 0.4) is 0 Å². The first-order valence-electron chi connectivity index (χ1n) is 13.8. The number of piperidine rings is 1. The first-order valence-corrected chi connectivity index (χ1v) is 14.2. The summed E-state index contributed by atoms with van der Waals surface area (Å²) in [6, 6.07) is 21.2. The van der Waals surface area contributed by atoms with Crippen molar-refractivity contribution < 1.29 is 19.8 Å². The number of amides is 2. The first-order chi connectivity index (χ1) is 19.2. The number of carboxylic acid groups (broad SMARTS) is 1. The molecule has 3 aromatic carbocycles. The minimum Gasteiger partial charge on any atom is -0.465 e. The number of rotatable bonds is 10. The second-order valence-corrected chi connectivity index (χ2v) is 11.0. The monoisotopic (exact) mass is 563 g/mol. The highest BCUT2D eigenvalue weighted by molar-refractivity contribution is 6.33. The quantitative estimate of drug-likeness (QED) is 0.233. The Balaban J connectivity index is 1.68. The zero-order chi connectivity index (χ0) is 28.7. The van der Waals surface area contributed by atoms with Crippen molar-refractivity contribution >= 4 is 23.6 Å². The molecule has 7 nitrogen and oxygen atoms in total. The maximum atomic E-state index is 13.5. The Morgan fingerprint density at radius 1 is 1.10 bits per heavy atom. The van der Waals surface area contributed by atoms with Crippen LogP contribution in [0, 0.1) is 12.8 Å². The number of likely N-dealkylation sites (tertiary alicyclic amines) is 1. The van der Waals surface area contributed by atoms with E-state index in [1.807, 2.05) is 85.6 Å². The Morgan fingerprint density at radius 2 is 1.85 bits per heavy atom. The summed E-state index contributed by atoms with van der Waals surface area (Å²) in [6.45, 7) is 3.96. The number of halogens is 1. The van der Waals surface area contributed by atoms with Gasteiger partial charge in [0.05, 0.1) is 5.60 Å². The van der Waals surface area contributed by atoms with Gasteiger partial charge in [-0.15, -0.1) is 0 Å². The number of nitrogens with one attached hydrogen (secondary N) is 2. The number of carbonyl (C=O) groups is 2. The number of carbonyl (C=O) groups excluding carboxylic acids is 1. The van der Waals surface area contributed by atoms with E-state index in [-0.39, 0.29) is 18.4 Å². The van der Waals surface area contributed by atoms with E-state index >= 15 is 0 Å². The minimum absolute atomic E-state index is 0.0550. The van der Waals surface area contributed by atoms with Crippen LogP contribution in [-0.4, -0.2) is 53.8 Å². The summed E-state index contributed by atoms with van der Waals surface area (Å²) < 4.78 is 0. The molecule has 2 amide bonds. The van der Waals surface area contributed by atoms with Crippen LogP contribution < -0.4 is 10.6 Å². The predicted molar refractivity (Wildman–Crippen MR) is 159 cm³/mol. The average Bonchev–Trinajstić information content (AvgIpc) is 2.95. The van der Waals surface area contributed by atoms with Crippen molar-refractivity contribution in [2.75, 3.05) is 26.7 Å². The van der Waals surface area contributed by atoms with E-state index in [9.17, 15) is 14.7 Å². The van der Waals surface area contributed by atoms with Gasteiger partial charge in [-0.25, -0.2) is 4.79 Å². The molecule has 3 aromatic rings. The van der Waals surface area contributed by atoms with Gasteiger partial charge in [-0.1, -0.05) is 65.7 Å². The molecular weight excluding hydrogens is 526 g/mol. The second-order valence-electron chi connectivity index (χ2n) is 10.6. The van der Waals surface area contributed by atoms with E-state index in [2.05, 4.69) is 10.6 Å². The predicted octanol–water partition coefficient (Wildman–Crippen LogP) is 5.82. The zero-order valence-electron chi connectivity index (χ0n) is 23.1. The summed E-state index contributed by atoms with van der Waals surface area (Å²) in [7, 11) is 1.89. The van der Waals surface area contributed by atoms with Gasteiger partial charge in [0, 0.05) is 48.2 Å². The number of nitrogens with zero attached hydrogens (tertiary/aromatic N) is 1. The molecule has 1 heterocycles. The lowest BCUT2D eigenvalue weighted by atomic mass is 9.72. The minimum atomic E-state index is -1.33. The SMILES string of the molecule is CNCc1ccc(C(=O)N2CCC[C@@H]([C@@](O)(CCCNC(=O)O)c3cccc(Cl)c3-c3cccc(C)c3)C2)cc1. The van der Waals surface area contributed by atoms with E-state index < -0.39 is 11.7 Å². The number of aryl methyl sites for hydroxylation is 1. The Kier molecular flexibility index (Phi) is 9.85. The molecule has 0 aromatic heterocycles. The number of hydrogen-bond acceptors (Lipinski definition) is 4. The highest BCUT2D eigenvalue weighted by Crippen LogP contribution is 2.45. The summed E-state index contributed by atoms with van der Waals surface area (Å²) >= 11 is 6.79. The molecule has 2 atom stereocenters. The van der Waals surface area contributed by atoms with Crippen LogP contribution in [-0.2, 0) is 12.1 Å². The van der Waals surface area contributed by atoms with Crippen LogP contribution in [0.25, 0.3) is 11.1 Å². The summed E-state index contributed by atoms with van der Waals surface area (Å²) in [5.41, 5.74) is 3.85. The van der Waals surface area contributed by atoms with Crippen LogP contribution in [0.4, 0.5) is 4.79 Å². The molecule has 0 unspecified atom stereocenters. The Labute approximate surface area is 241 Å². The van der Waals surface area contributed by atoms with E-state index in [1.54, 1.807) is 0 Å². The fourth-order valence-corrected chi connectivity index (χ4v) is 6.08. The van der Waals surface area contributed by atoms with E-state index in [1.165, 1.54) is 0 Å². The van der Waals surface area contributed by atoms with Gasteiger partial charge in [-0.2, -0.15) is 0 Å². The summed E-state index contributed by atoms with van der Waals surface area (Å²) in [6.07, 6.45) is 1.14. The van der Waals surface area contributed by atoms with Gasteiger partial charge in [0.25, 0.3) is 5.91 Å². The summed E-state index contributed by atoms with van der Waals surface area (Å²) in [4.78, 5) is 26.4. The van der Waals surface area contributed by atoms with E-state index in [0.29, 0.717) is 42.1 Å². The summed E-state index contributed by atoms with van der Waals surface area (Å²) in [5, 5.41) is 27.7. The molecule has 4 rings (SSSR count). The lowest BCUT2D eigenvalue weighted by molar-refractivity contribution is -0.0563. The first kappa shape index (κ1) is 29.6. The second kappa shape index (κ2) is 13.3. The normalized spacial score (nSPS) is 16.8. The Morgan fingerprint density at radius 3 is 2.55 bits per heavy atom. The molecule has 8 heteroatoms. The molecule has 4 N–H and O–H groups in total. The summed E-state index contributed by atoms with van der Waals surface area (Å²) in [5.74, 6) is -0.318. The van der Waals surface area contributed by atoms with Gasteiger partial charge in [0.2, 0.25) is 0 Å². The number of benzene rings is 3. The van der Waals surface area contributed by atoms with Crippen molar-refractivity contribution in [3.63, 3.8) is 0 Å². The van der Waals surface area contributed by atoms with Gasteiger partial charge in [-0.05, 0) is 74.5 Å². The lowest BCUT2D eigenvalue weighted by Gasteiger charge is -2.44. The molecule has 0 aliphatic carbocycles. The van der Waals surface area contributed by atoms with Crippen molar-refractivity contribution in [3.8, 4) is 11.1 Å². The smallest absolute Gasteiger partial charge is 0.404 e. The van der Waals surface area contributed by atoms with Crippen molar-refractivity contribution in [1.82, 2.24) is 15.5 Å². The molecule has 0 radical (unpaired) electrons. The maximum Gasteiger partial charge on any atom is 0.404 e. The third kappa shape index (κ3) is 6.84. The molecule has 0 spiro atoms. The molecule has 1 aliphatic rings. The third-order valence-electron chi connectivity index (χ3n) is 7.76. The van der Waals surface area contributed by atoms with Gasteiger partial charge >= 0.3 is 6.09 Å². The van der Waals surface area contributed by atoms with Crippen LogP contribution in [0.2, 0.25) is 5.02 Å². The molecular formula is C32H38ClN3O4. The molecule has 1 aliphatic heterocycles. The van der Waals surface area contributed by atoms with Gasteiger partial charge in [0.15, 0.2) is 0 Å². The standard InChI is InChI=1S/C32H38ClN3O4/c1-22-7-3-8-25(19-22)29-27(10-4-11-28(29)33)32(40,16-6-17-35-31(38)39)26-9-5-18-36(21-26)30(37)24-14-12-23(13-15-24)20-34-2/h3-4,7-8,10-15,19,26,34-35,40H,5-6,9,16-18,20-21H2,1-2H3,(H,38,39)/t26-,32+/m1/s1. The zero-order valence-corrected chi connectivity index (χ0v) is 23.9. The number of aliphatic hydroxyl groups is 1. The highest BCUT2D eigenvalue weighted by Gasteiger charge is 2.43. The maximum absolute atomic E-state index is 13.5. The van der Waals surface area contributed by atoms with Crippen LogP contribution >= 0.6 is 11.6 Å². The highest BCUT2D eigenvalue weighted by atomic mass is 35.5. The van der Waals surface area contributed by atoms with Gasteiger partial charge in [-0.3, -0.25) is 4.79 Å².